The van der Waals surface area contributed by atoms with E-state index in [-0.39, 0.29) is 5.91 Å². The molecule has 0 aliphatic carbocycles. The number of carbonyl (C=O) groups is 1. The minimum absolute atomic E-state index is 0.131. The van der Waals surface area contributed by atoms with Gasteiger partial charge in [-0.25, -0.2) is 0 Å². The van der Waals surface area contributed by atoms with E-state index < -0.39 is 0 Å². The van der Waals surface area contributed by atoms with Crippen LogP contribution in [0.5, 0.6) is 5.75 Å². The molecule has 0 saturated heterocycles. The van der Waals surface area contributed by atoms with Crippen molar-refractivity contribution in [3.63, 3.8) is 0 Å². The molecule has 2 rings (SSSR count). The van der Waals surface area contributed by atoms with Gasteiger partial charge in [-0.1, -0.05) is 35.3 Å². The summed E-state index contributed by atoms with van der Waals surface area (Å²) in [5.74, 6) is 0.663. The number of unbranched alkanes of at least 4 members (excludes halogenated alkanes) is 1. The van der Waals surface area contributed by atoms with Gasteiger partial charge in [0.2, 0.25) is 0 Å². The molecule has 1 amide bonds. The Labute approximate surface area is 133 Å². The normalized spacial score (nSPS) is 10.2. The zero-order chi connectivity index (χ0) is 15.1. The Morgan fingerprint density at radius 1 is 1.19 bits per heavy atom. The third kappa shape index (κ3) is 4.90. The topological polar surface area (TPSA) is 38.3 Å². The summed E-state index contributed by atoms with van der Waals surface area (Å²) in [6.07, 6.45) is 2.14. The first-order valence-corrected chi connectivity index (χ1v) is 7.78. The van der Waals surface area contributed by atoms with E-state index in [1.165, 1.54) is 0 Å². The van der Waals surface area contributed by atoms with E-state index in [1.54, 1.807) is 12.1 Å². The van der Waals surface area contributed by atoms with Crippen LogP contribution in [0, 0.1) is 0 Å². The van der Waals surface area contributed by atoms with Crippen LogP contribution in [0.25, 0.3) is 0 Å². The maximum atomic E-state index is 12.1. The number of halogens is 1. The maximum absolute atomic E-state index is 12.1. The monoisotopic (exact) mass is 347 g/mol. The highest BCUT2D eigenvalue weighted by molar-refractivity contribution is 9.10. The van der Waals surface area contributed by atoms with E-state index >= 15 is 0 Å². The summed E-state index contributed by atoms with van der Waals surface area (Å²) in [6.45, 7) is 2.83. The van der Waals surface area contributed by atoms with Gasteiger partial charge >= 0.3 is 0 Å². The average Bonchev–Trinajstić information content (AvgIpc) is 2.48. The summed E-state index contributed by atoms with van der Waals surface area (Å²) >= 11 is 3.38. The van der Waals surface area contributed by atoms with Crippen LogP contribution in [0.4, 0.5) is 5.69 Å². The fraction of sp³-hybridized carbons (Fsp3) is 0.235. The van der Waals surface area contributed by atoms with Gasteiger partial charge < -0.3 is 10.1 Å². The van der Waals surface area contributed by atoms with E-state index in [0.29, 0.717) is 12.2 Å². The number of amides is 1. The van der Waals surface area contributed by atoms with Gasteiger partial charge in [0.1, 0.15) is 5.75 Å². The van der Waals surface area contributed by atoms with Crippen molar-refractivity contribution in [2.45, 2.75) is 19.8 Å². The second-order valence-electron chi connectivity index (χ2n) is 4.69. The fourth-order valence-corrected chi connectivity index (χ4v) is 2.21. The van der Waals surface area contributed by atoms with Crippen LogP contribution in [0.1, 0.15) is 30.1 Å². The predicted molar refractivity (Wildman–Crippen MR) is 88.9 cm³/mol. The number of nitrogens with one attached hydrogen (secondary N) is 1. The summed E-state index contributed by atoms with van der Waals surface area (Å²) < 4.78 is 6.51. The quantitative estimate of drug-likeness (QED) is 0.756. The number of ether oxygens (including phenoxy) is 1. The Bertz CT molecular complexity index is 596. The van der Waals surface area contributed by atoms with Crippen LogP contribution >= 0.6 is 15.9 Å². The summed E-state index contributed by atoms with van der Waals surface area (Å²) in [7, 11) is 0. The second-order valence-corrected chi connectivity index (χ2v) is 5.61. The number of benzene rings is 2. The van der Waals surface area contributed by atoms with Crippen molar-refractivity contribution in [2.24, 2.45) is 0 Å². The molecule has 0 fully saturated rings. The molecule has 0 unspecified atom stereocenters. The standard InChI is InChI=1S/C17H18BrNO2/c1-2-3-11-21-16-9-7-13(8-10-16)17(20)19-15-6-4-5-14(18)12-15/h4-10,12H,2-3,11H2,1H3,(H,19,20). The molecule has 0 spiro atoms. The van der Waals surface area contributed by atoms with Crippen molar-refractivity contribution in [2.75, 3.05) is 11.9 Å². The predicted octanol–water partition coefficient (Wildman–Crippen LogP) is 4.88. The zero-order valence-corrected chi connectivity index (χ0v) is 13.5. The van der Waals surface area contributed by atoms with Gasteiger partial charge in [-0.2, -0.15) is 0 Å². The lowest BCUT2D eigenvalue weighted by atomic mass is 10.2. The SMILES string of the molecule is CCCCOc1ccc(C(=O)Nc2cccc(Br)c2)cc1. The molecule has 4 heteroatoms. The number of rotatable bonds is 6. The van der Waals surface area contributed by atoms with Crippen LogP contribution in [0.2, 0.25) is 0 Å². The van der Waals surface area contributed by atoms with Crippen molar-refractivity contribution in [1.82, 2.24) is 0 Å². The molecule has 1 N–H and O–H groups in total. The van der Waals surface area contributed by atoms with Gasteiger partial charge in [-0.15, -0.1) is 0 Å². The van der Waals surface area contributed by atoms with Gasteiger partial charge in [0.15, 0.2) is 0 Å². The lowest BCUT2D eigenvalue weighted by Crippen LogP contribution is -2.11. The van der Waals surface area contributed by atoms with E-state index in [2.05, 4.69) is 28.2 Å². The molecule has 3 nitrogen and oxygen atoms in total. The van der Waals surface area contributed by atoms with E-state index in [1.807, 2.05) is 36.4 Å². The van der Waals surface area contributed by atoms with Crippen molar-refractivity contribution in [1.29, 1.82) is 0 Å². The first kappa shape index (κ1) is 15.6. The number of hydrogen-bond donors (Lipinski definition) is 1. The van der Waals surface area contributed by atoms with Crippen LogP contribution < -0.4 is 10.1 Å². The van der Waals surface area contributed by atoms with Crippen LogP contribution in [-0.2, 0) is 0 Å². The third-order valence-electron chi connectivity index (χ3n) is 2.97. The Morgan fingerprint density at radius 2 is 1.95 bits per heavy atom. The molecule has 0 bridgehead atoms. The molecular weight excluding hydrogens is 330 g/mol. The Morgan fingerprint density at radius 3 is 2.62 bits per heavy atom. The average molecular weight is 348 g/mol. The summed E-state index contributed by atoms with van der Waals surface area (Å²) in [5, 5.41) is 2.86. The molecular formula is C17H18BrNO2. The lowest BCUT2D eigenvalue weighted by Gasteiger charge is -2.08. The largest absolute Gasteiger partial charge is 0.494 e. The van der Waals surface area contributed by atoms with Crippen molar-refractivity contribution in [3.05, 3.63) is 58.6 Å². The molecule has 110 valence electrons. The number of carbonyl (C=O) groups excluding carboxylic acids is 1. The molecule has 0 aliphatic rings. The number of anilines is 1. The van der Waals surface area contributed by atoms with Crippen LogP contribution in [0.15, 0.2) is 53.0 Å². The minimum Gasteiger partial charge on any atom is -0.494 e. The maximum Gasteiger partial charge on any atom is 0.255 e. The summed E-state index contributed by atoms with van der Waals surface area (Å²) in [4.78, 5) is 12.1. The first-order valence-electron chi connectivity index (χ1n) is 6.99. The van der Waals surface area contributed by atoms with Crippen LogP contribution in [-0.4, -0.2) is 12.5 Å². The molecule has 21 heavy (non-hydrogen) atoms. The van der Waals surface area contributed by atoms with Gasteiger partial charge in [0.05, 0.1) is 6.61 Å². The molecule has 0 aromatic heterocycles. The smallest absolute Gasteiger partial charge is 0.255 e. The van der Waals surface area contributed by atoms with Gasteiger partial charge in [-0.3, -0.25) is 4.79 Å². The summed E-state index contributed by atoms with van der Waals surface area (Å²) in [6, 6.07) is 14.7. The van der Waals surface area contributed by atoms with Crippen molar-refractivity contribution < 1.29 is 9.53 Å². The van der Waals surface area contributed by atoms with Crippen molar-refractivity contribution >= 4 is 27.5 Å². The molecule has 0 heterocycles. The highest BCUT2D eigenvalue weighted by atomic mass is 79.9. The second kappa shape index (κ2) is 7.84. The first-order chi connectivity index (χ1) is 10.2. The zero-order valence-electron chi connectivity index (χ0n) is 11.9. The molecule has 2 aromatic rings. The number of hydrogen-bond acceptors (Lipinski definition) is 2. The Balaban J connectivity index is 1.96. The fourth-order valence-electron chi connectivity index (χ4n) is 1.81. The van der Waals surface area contributed by atoms with Crippen molar-refractivity contribution in [3.8, 4) is 5.75 Å². The molecule has 0 aliphatic heterocycles. The van der Waals surface area contributed by atoms with Gasteiger partial charge in [0, 0.05) is 15.7 Å². The van der Waals surface area contributed by atoms with Gasteiger partial charge in [0.25, 0.3) is 5.91 Å². The molecule has 0 radical (unpaired) electrons. The lowest BCUT2D eigenvalue weighted by molar-refractivity contribution is 0.102. The van der Waals surface area contributed by atoms with Gasteiger partial charge in [-0.05, 0) is 48.9 Å². The summed E-state index contributed by atoms with van der Waals surface area (Å²) in [5.41, 5.74) is 1.37. The Kier molecular flexibility index (Phi) is 5.81. The van der Waals surface area contributed by atoms with Crippen LogP contribution in [0.3, 0.4) is 0 Å². The highest BCUT2D eigenvalue weighted by Gasteiger charge is 2.06. The minimum atomic E-state index is -0.131. The molecule has 0 atom stereocenters. The van der Waals surface area contributed by atoms with E-state index in [4.69, 9.17) is 4.74 Å². The Hall–Kier alpha value is -1.81. The van der Waals surface area contributed by atoms with E-state index in [9.17, 15) is 4.79 Å². The molecule has 2 aromatic carbocycles. The highest BCUT2D eigenvalue weighted by Crippen LogP contribution is 2.18. The van der Waals surface area contributed by atoms with E-state index in [0.717, 1.165) is 28.8 Å². The third-order valence-corrected chi connectivity index (χ3v) is 3.46. The molecule has 0 saturated carbocycles.